The number of fused-ring (bicyclic) bond motifs is 1. The first-order chi connectivity index (χ1) is 7.91. The van der Waals surface area contributed by atoms with Crippen LogP contribution in [0.4, 0.5) is 0 Å². The highest BCUT2D eigenvalue weighted by Crippen LogP contribution is 2.24. The van der Waals surface area contributed by atoms with E-state index in [4.69, 9.17) is 5.73 Å². The molecule has 17 heavy (non-hydrogen) atoms. The summed E-state index contributed by atoms with van der Waals surface area (Å²) in [7, 11) is 0. The molecule has 2 heterocycles. The number of guanidine groups is 1. The van der Waals surface area contributed by atoms with Crippen LogP contribution in [0, 0.1) is 0 Å². The van der Waals surface area contributed by atoms with Crippen molar-refractivity contribution >= 4 is 27.8 Å². The summed E-state index contributed by atoms with van der Waals surface area (Å²) in [5, 5.41) is 6.30. The van der Waals surface area contributed by atoms with E-state index in [1.807, 2.05) is 20.8 Å². The number of hydrogen-bond acceptors (Lipinski definition) is 5. The highest BCUT2D eigenvalue weighted by molar-refractivity contribution is 9.10. The fourth-order valence-corrected chi connectivity index (χ4v) is 2.91. The highest BCUT2D eigenvalue weighted by atomic mass is 79.9. The molecule has 4 N–H and O–H groups in total. The fourth-order valence-electron chi connectivity index (χ4n) is 2.37. The van der Waals surface area contributed by atoms with Gasteiger partial charge in [0.1, 0.15) is 11.1 Å². The number of nitrogens with zero attached hydrogens (tertiary/aromatic N) is 2. The van der Waals surface area contributed by atoms with Crippen LogP contribution in [0.1, 0.15) is 20.8 Å². The Morgan fingerprint density at radius 1 is 1.53 bits per heavy atom. The second-order valence-corrected chi connectivity index (χ2v) is 5.67. The van der Waals surface area contributed by atoms with E-state index >= 15 is 0 Å². The lowest BCUT2D eigenvalue weighted by atomic mass is 10.0. The SMILES string of the molecule is CC1NC(N)=NC2C1NC(Br)C(=O)N2C(C)C. The number of nitrogens with one attached hydrogen (secondary N) is 2. The number of aliphatic imine (C=N–C) groups is 1. The third-order valence-electron chi connectivity index (χ3n) is 3.16. The summed E-state index contributed by atoms with van der Waals surface area (Å²) >= 11 is 3.36. The molecule has 0 aliphatic carbocycles. The van der Waals surface area contributed by atoms with Gasteiger partial charge < -0.3 is 16.0 Å². The first-order valence-corrected chi connectivity index (χ1v) is 6.65. The summed E-state index contributed by atoms with van der Waals surface area (Å²) in [4.78, 5) is 17.9. The summed E-state index contributed by atoms with van der Waals surface area (Å²) in [6.07, 6.45) is -0.229. The second-order valence-electron chi connectivity index (χ2n) is 4.76. The normalized spacial score (nSPS) is 37.6. The van der Waals surface area contributed by atoms with Crippen molar-refractivity contribution in [3.8, 4) is 0 Å². The minimum Gasteiger partial charge on any atom is -0.370 e. The summed E-state index contributed by atoms with van der Waals surface area (Å²) in [5.74, 6) is 0.402. The molecule has 0 aromatic heterocycles. The maximum Gasteiger partial charge on any atom is 0.252 e. The van der Waals surface area contributed by atoms with E-state index in [0.29, 0.717) is 5.96 Å². The van der Waals surface area contributed by atoms with Gasteiger partial charge >= 0.3 is 0 Å². The van der Waals surface area contributed by atoms with Crippen LogP contribution in [0.5, 0.6) is 0 Å². The molecule has 0 aromatic rings. The molecule has 1 fully saturated rings. The van der Waals surface area contributed by atoms with Gasteiger partial charge in [-0.05, 0) is 20.8 Å². The Morgan fingerprint density at radius 3 is 2.76 bits per heavy atom. The molecule has 0 aromatic carbocycles. The predicted molar refractivity (Wildman–Crippen MR) is 69.6 cm³/mol. The van der Waals surface area contributed by atoms with E-state index in [1.165, 1.54) is 0 Å². The maximum atomic E-state index is 12.1. The lowest BCUT2D eigenvalue weighted by molar-refractivity contribution is -0.140. The Hall–Kier alpha value is -0.820. The Balaban J connectivity index is 2.35. The lowest BCUT2D eigenvalue weighted by Gasteiger charge is -2.47. The van der Waals surface area contributed by atoms with Crippen LogP contribution in [0.25, 0.3) is 0 Å². The first kappa shape index (κ1) is 12.6. The number of hydrogen-bond donors (Lipinski definition) is 3. The Kier molecular flexibility index (Phi) is 3.31. The Labute approximate surface area is 109 Å². The van der Waals surface area contributed by atoms with Crippen molar-refractivity contribution in [2.45, 2.75) is 50.0 Å². The number of carbonyl (C=O) groups is 1. The van der Waals surface area contributed by atoms with Crippen molar-refractivity contribution in [1.29, 1.82) is 0 Å². The highest BCUT2D eigenvalue weighted by Gasteiger charge is 2.45. The number of piperazine rings is 1. The predicted octanol–water partition coefficient (Wildman–Crippen LogP) is -0.451. The number of amides is 1. The molecular weight excluding hydrogens is 286 g/mol. The quantitative estimate of drug-likeness (QED) is 0.453. The minimum absolute atomic E-state index is 0.00639. The van der Waals surface area contributed by atoms with Crippen LogP contribution in [0.15, 0.2) is 4.99 Å². The zero-order valence-corrected chi connectivity index (χ0v) is 11.7. The van der Waals surface area contributed by atoms with Gasteiger partial charge in [0.05, 0.1) is 6.04 Å². The topological polar surface area (TPSA) is 82.7 Å². The van der Waals surface area contributed by atoms with Gasteiger partial charge in [-0.1, -0.05) is 15.9 Å². The molecule has 4 atom stereocenters. The van der Waals surface area contributed by atoms with Crippen LogP contribution < -0.4 is 16.4 Å². The molecule has 0 radical (unpaired) electrons. The third-order valence-corrected chi connectivity index (χ3v) is 3.81. The number of carbonyl (C=O) groups excluding carboxylic acids is 1. The van der Waals surface area contributed by atoms with Crippen LogP contribution in [-0.4, -0.2) is 46.0 Å². The average Bonchev–Trinajstić information content (AvgIpc) is 2.20. The van der Waals surface area contributed by atoms with Crippen molar-refractivity contribution in [3.63, 3.8) is 0 Å². The second kappa shape index (κ2) is 4.45. The lowest BCUT2D eigenvalue weighted by Crippen LogP contribution is -2.72. The van der Waals surface area contributed by atoms with Crippen molar-refractivity contribution in [2.24, 2.45) is 10.7 Å². The van der Waals surface area contributed by atoms with Gasteiger partial charge in [-0.25, -0.2) is 4.99 Å². The van der Waals surface area contributed by atoms with Crippen molar-refractivity contribution in [3.05, 3.63) is 0 Å². The van der Waals surface area contributed by atoms with Crippen molar-refractivity contribution in [2.75, 3.05) is 0 Å². The van der Waals surface area contributed by atoms with E-state index in [-0.39, 0.29) is 35.1 Å². The molecule has 4 unspecified atom stereocenters. The monoisotopic (exact) mass is 303 g/mol. The fraction of sp³-hybridized carbons (Fsp3) is 0.800. The zero-order chi connectivity index (χ0) is 12.7. The number of halogens is 1. The molecule has 0 bridgehead atoms. The molecule has 96 valence electrons. The molecule has 0 spiro atoms. The molecule has 2 rings (SSSR count). The number of alkyl halides is 1. The largest absolute Gasteiger partial charge is 0.370 e. The molecule has 1 saturated heterocycles. The van der Waals surface area contributed by atoms with E-state index in [0.717, 1.165) is 0 Å². The van der Waals surface area contributed by atoms with E-state index < -0.39 is 0 Å². The van der Waals surface area contributed by atoms with Crippen molar-refractivity contribution < 1.29 is 4.79 Å². The Morgan fingerprint density at radius 2 is 2.18 bits per heavy atom. The van der Waals surface area contributed by atoms with Gasteiger partial charge in [-0.2, -0.15) is 0 Å². The van der Waals surface area contributed by atoms with Gasteiger partial charge in [-0.3, -0.25) is 10.1 Å². The van der Waals surface area contributed by atoms with Gasteiger partial charge in [0.2, 0.25) is 0 Å². The van der Waals surface area contributed by atoms with Gasteiger partial charge in [0.25, 0.3) is 5.91 Å². The standard InChI is InChI=1S/C10H18BrN5O/c1-4(2)16-8-6(14-7(11)9(16)17)5(3)13-10(12)15-8/h4-8,14H,1-3H3,(H3,12,13,15). The summed E-state index contributed by atoms with van der Waals surface area (Å²) < 4.78 is 0. The summed E-state index contributed by atoms with van der Waals surface area (Å²) in [6.45, 7) is 6.00. The molecular formula is C10H18BrN5O. The maximum absolute atomic E-state index is 12.1. The number of nitrogens with two attached hydrogens (primary N) is 1. The van der Waals surface area contributed by atoms with Crippen LogP contribution in [-0.2, 0) is 4.79 Å². The van der Waals surface area contributed by atoms with Gasteiger partial charge in [-0.15, -0.1) is 0 Å². The molecule has 1 amide bonds. The molecule has 2 aliphatic heterocycles. The first-order valence-electron chi connectivity index (χ1n) is 5.74. The Bertz CT molecular complexity index is 359. The number of rotatable bonds is 1. The molecule has 6 nitrogen and oxygen atoms in total. The van der Waals surface area contributed by atoms with Crippen molar-refractivity contribution in [1.82, 2.24) is 15.5 Å². The van der Waals surface area contributed by atoms with E-state index in [9.17, 15) is 4.79 Å². The van der Waals surface area contributed by atoms with E-state index in [2.05, 4.69) is 31.6 Å². The molecule has 2 aliphatic rings. The minimum atomic E-state index is -0.357. The smallest absolute Gasteiger partial charge is 0.252 e. The van der Waals surface area contributed by atoms with E-state index in [1.54, 1.807) is 4.90 Å². The molecule has 7 heteroatoms. The van der Waals surface area contributed by atoms with Crippen LogP contribution in [0.3, 0.4) is 0 Å². The van der Waals surface area contributed by atoms with Crippen LogP contribution >= 0.6 is 15.9 Å². The zero-order valence-electron chi connectivity index (χ0n) is 10.1. The molecule has 0 saturated carbocycles. The summed E-state index contributed by atoms with van der Waals surface area (Å²) in [6, 6.07) is 0.290. The summed E-state index contributed by atoms with van der Waals surface area (Å²) in [5.41, 5.74) is 5.74. The average molecular weight is 304 g/mol. The van der Waals surface area contributed by atoms with Gasteiger partial charge in [0, 0.05) is 12.1 Å². The van der Waals surface area contributed by atoms with Gasteiger partial charge in [0.15, 0.2) is 5.96 Å². The van der Waals surface area contributed by atoms with Crippen LogP contribution in [0.2, 0.25) is 0 Å². The third kappa shape index (κ3) is 2.13.